The van der Waals surface area contributed by atoms with Gasteiger partial charge in [0.25, 0.3) is 5.91 Å². The van der Waals surface area contributed by atoms with Crippen molar-refractivity contribution >= 4 is 22.8 Å². The summed E-state index contributed by atoms with van der Waals surface area (Å²) in [6.07, 6.45) is 6.22. The van der Waals surface area contributed by atoms with Gasteiger partial charge < -0.3 is 14.5 Å². The first-order valence-corrected chi connectivity index (χ1v) is 10.0. The Morgan fingerprint density at radius 1 is 1.22 bits per heavy atom. The van der Waals surface area contributed by atoms with E-state index in [0.29, 0.717) is 13.2 Å². The molecule has 0 spiro atoms. The Balaban J connectivity index is 1.56. The lowest BCUT2D eigenvalue weighted by molar-refractivity contribution is -0.140. The maximum Gasteiger partial charge on any atom is 0.251 e. The number of ether oxygens (including phenoxy) is 1. The zero-order chi connectivity index (χ0) is 18.8. The fourth-order valence-corrected chi connectivity index (χ4v) is 3.95. The molecule has 2 saturated heterocycles. The maximum absolute atomic E-state index is 12.7. The number of anilines is 1. The number of amides is 1. The molecule has 2 aromatic heterocycles. The highest BCUT2D eigenvalue weighted by molar-refractivity contribution is 5.87. The molecule has 1 atom stereocenters. The number of rotatable bonds is 4. The van der Waals surface area contributed by atoms with E-state index >= 15 is 0 Å². The molecule has 1 amide bonds. The van der Waals surface area contributed by atoms with Crippen molar-refractivity contribution in [2.45, 2.75) is 45.1 Å². The summed E-state index contributed by atoms with van der Waals surface area (Å²) in [5.41, 5.74) is 0.875. The Morgan fingerprint density at radius 2 is 2.11 bits per heavy atom. The van der Waals surface area contributed by atoms with Crippen LogP contribution in [0.3, 0.4) is 0 Å². The van der Waals surface area contributed by atoms with Gasteiger partial charge in [-0.3, -0.25) is 9.48 Å². The Labute approximate surface area is 159 Å². The van der Waals surface area contributed by atoms with Crippen LogP contribution in [0.15, 0.2) is 6.20 Å². The summed E-state index contributed by atoms with van der Waals surface area (Å²) in [6.45, 7) is 5.96. The third-order valence-electron chi connectivity index (χ3n) is 5.40. The number of fused-ring (bicyclic) bond motifs is 1. The summed E-state index contributed by atoms with van der Waals surface area (Å²) in [5.74, 6) is 1.96. The van der Waals surface area contributed by atoms with Crippen molar-refractivity contribution in [3.63, 3.8) is 0 Å². The predicted octanol–water partition coefficient (Wildman–Crippen LogP) is 1.53. The minimum Gasteiger partial charge on any atom is -0.368 e. The summed E-state index contributed by atoms with van der Waals surface area (Å²) in [6, 6.07) is 0. The molecule has 8 nitrogen and oxygen atoms in total. The molecule has 4 heterocycles. The van der Waals surface area contributed by atoms with E-state index in [-0.39, 0.29) is 12.0 Å². The van der Waals surface area contributed by atoms with Crippen LogP contribution >= 0.6 is 0 Å². The van der Waals surface area contributed by atoms with Crippen LogP contribution in [0.25, 0.3) is 11.0 Å². The van der Waals surface area contributed by atoms with Gasteiger partial charge in [-0.15, -0.1) is 0 Å². The largest absolute Gasteiger partial charge is 0.368 e. The standard InChI is InChI=1S/C19H28N6O2/c1-3-6-16-21-17-14(13-20-23(17)2)18(22-16)24-8-5-9-25(11-10-24)19(26)15-7-4-12-27-15/h13,15H,3-12H2,1-2H3/t15-/m0/s1. The fraction of sp³-hybridized carbons (Fsp3) is 0.684. The van der Waals surface area contributed by atoms with E-state index in [0.717, 1.165) is 74.4 Å². The minimum atomic E-state index is -0.239. The third kappa shape index (κ3) is 3.63. The second-order valence-electron chi connectivity index (χ2n) is 7.39. The van der Waals surface area contributed by atoms with Crippen LogP contribution in [-0.4, -0.2) is 69.4 Å². The molecule has 0 saturated carbocycles. The van der Waals surface area contributed by atoms with E-state index < -0.39 is 0 Å². The molecule has 0 N–H and O–H groups in total. The van der Waals surface area contributed by atoms with E-state index in [4.69, 9.17) is 9.72 Å². The molecular formula is C19H28N6O2. The SMILES string of the molecule is CCCc1nc(N2CCCN(C(=O)[C@@H]3CCCO3)CC2)c2cnn(C)c2n1. The van der Waals surface area contributed by atoms with Gasteiger partial charge in [-0.2, -0.15) is 5.10 Å². The van der Waals surface area contributed by atoms with Gasteiger partial charge in [0.2, 0.25) is 0 Å². The van der Waals surface area contributed by atoms with Crippen LogP contribution in [0.1, 0.15) is 38.4 Å². The first-order valence-electron chi connectivity index (χ1n) is 10.0. The molecule has 0 radical (unpaired) electrons. The first kappa shape index (κ1) is 18.2. The first-order chi connectivity index (χ1) is 13.2. The Kier molecular flexibility index (Phi) is 5.24. The lowest BCUT2D eigenvalue weighted by Crippen LogP contribution is -2.41. The van der Waals surface area contributed by atoms with Gasteiger partial charge in [0.05, 0.1) is 11.6 Å². The summed E-state index contributed by atoms with van der Waals surface area (Å²) in [4.78, 5) is 26.5. The highest BCUT2D eigenvalue weighted by atomic mass is 16.5. The molecule has 0 aromatic carbocycles. The van der Waals surface area contributed by atoms with Crippen LogP contribution in [0.2, 0.25) is 0 Å². The fourth-order valence-electron chi connectivity index (χ4n) is 3.95. The van der Waals surface area contributed by atoms with E-state index in [1.54, 1.807) is 0 Å². The highest BCUT2D eigenvalue weighted by Gasteiger charge is 2.30. The van der Waals surface area contributed by atoms with Gasteiger partial charge >= 0.3 is 0 Å². The molecule has 2 fully saturated rings. The quantitative estimate of drug-likeness (QED) is 0.810. The average molecular weight is 372 g/mol. The van der Waals surface area contributed by atoms with Crippen molar-refractivity contribution < 1.29 is 9.53 Å². The summed E-state index contributed by atoms with van der Waals surface area (Å²) >= 11 is 0. The second kappa shape index (κ2) is 7.80. The van der Waals surface area contributed by atoms with Crippen molar-refractivity contribution in [2.75, 3.05) is 37.7 Å². The Bertz CT molecular complexity index is 814. The third-order valence-corrected chi connectivity index (χ3v) is 5.40. The lowest BCUT2D eigenvalue weighted by atomic mass is 10.2. The lowest BCUT2D eigenvalue weighted by Gasteiger charge is -2.25. The summed E-state index contributed by atoms with van der Waals surface area (Å²) in [5, 5.41) is 5.36. The van der Waals surface area contributed by atoms with Gasteiger partial charge in [-0.05, 0) is 25.7 Å². The maximum atomic E-state index is 12.7. The number of hydrogen-bond acceptors (Lipinski definition) is 6. The number of nitrogens with zero attached hydrogens (tertiary/aromatic N) is 6. The number of aryl methyl sites for hydroxylation is 2. The van der Waals surface area contributed by atoms with E-state index in [9.17, 15) is 4.79 Å². The topological polar surface area (TPSA) is 76.4 Å². The number of carbonyl (C=O) groups is 1. The smallest absolute Gasteiger partial charge is 0.251 e. The molecule has 0 aliphatic carbocycles. The van der Waals surface area contributed by atoms with Crippen molar-refractivity contribution in [1.82, 2.24) is 24.6 Å². The Morgan fingerprint density at radius 3 is 2.89 bits per heavy atom. The van der Waals surface area contributed by atoms with Crippen LogP contribution in [0.4, 0.5) is 5.82 Å². The monoisotopic (exact) mass is 372 g/mol. The molecule has 2 aliphatic rings. The molecule has 27 heavy (non-hydrogen) atoms. The zero-order valence-corrected chi connectivity index (χ0v) is 16.2. The van der Waals surface area contributed by atoms with Crippen LogP contribution < -0.4 is 4.90 Å². The second-order valence-corrected chi connectivity index (χ2v) is 7.39. The van der Waals surface area contributed by atoms with Gasteiger partial charge in [0.1, 0.15) is 17.7 Å². The van der Waals surface area contributed by atoms with Gasteiger partial charge in [-0.1, -0.05) is 6.92 Å². The normalized spacial score (nSPS) is 21.0. The molecule has 2 aliphatic heterocycles. The van der Waals surface area contributed by atoms with E-state index in [1.807, 2.05) is 22.8 Å². The van der Waals surface area contributed by atoms with Gasteiger partial charge in [-0.25, -0.2) is 9.97 Å². The van der Waals surface area contributed by atoms with Gasteiger partial charge in [0.15, 0.2) is 5.65 Å². The average Bonchev–Trinajstić information content (AvgIpc) is 3.26. The predicted molar refractivity (Wildman–Crippen MR) is 103 cm³/mol. The number of aromatic nitrogens is 4. The molecule has 8 heteroatoms. The van der Waals surface area contributed by atoms with Crippen LogP contribution in [0.5, 0.6) is 0 Å². The molecular weight excluding hydrogens is 344 g/mol. The van der Waals surface area contributed by atoms with Gasteiger partial charge in [0, 0.05) is 46.3 Å². The summed E-state index contributed by atoms with van der Waals surface area (Å²) in [7, 11) is 1.92. The van der Waals surface area contributed by atoms with Crippen molar-refractivity contribution in [2.24, 2.45) is 7.05 Å². The highest BCUT2D eigenvalue weighted by Crippen LogP contribution is 2.25. The van der Waals surface area contributed by atoms with Crippen LogP contribution in [0, 0.1) is 0 Å². The van der Waals surface area contributed by atoms with Crippen LogP contribution in [-0.2, 0) is 23.0 Å². The molecule has 2 aromatic rings. The van der Waals surface area contributed by atoms with E-state index in [2.05, 4.69) is 21.9 Å². The van der Waals surface area contributed by atoms with E-state index in [1.165, 1.54) is 0 Å². The minimum absolute atomic E-state index is 0.148. The number of carbonyl (C=O) groups excluding carboxylic acids is 1. The Hall–Kier alpha value is -2.22. The zero-order valence-electron chi connectivity index (χ0n) is 16.2. The van der Waals surface area contributed by atoms with Crippen molar-refractivity contribution in [3.05, 3.63) is 12.0 Å². The molecule has 4 rings (SSSR count). The molecule has 0 unspecified atom stereocenters. The number of hydrogen-bond donors (Lipinski definition) is 0. The van der Waals surface area contributed by atoms with Crippen molar-refractivity contribution in [1.29, 1.82) is 0 Å². The van der Waals surface area contributed by atoms with Crippen molar-refractivity contribution in [3.8, 4) is 0 Å². The summed E-state index contributed by atoms with van der Waals surface area (Å²) < 4.78 is 7.40. The molecule has 0 bridgehead atoms. The molecule has 146 valence electrons.